The summed E-state index contributed by atoms with van der Waals surface area (Å²) in [4.78, 5) is 28.4. The Bertz CT molecular complexity index is 672. The fourth-order valence-electron chi connectivity index (χ4n) is 2.70. The summed E-state index contributed by atoms with van der Waals surface area (Å²) in [5.74, 6) is 1.85. The van der Waals surface area contributed by atoms with Crippen molar-refractivity contribution in [2.45, 2.75) is 13.1 Å². The number of imidazole rings is 1. The molecule has 128 valence electrons. The first-order valence-electron chi connectivity index (χ1n) is 7.93. The van der Waals surface area contributed by atoms with Crippen molar-refractivity contribution in [1.82, 2.24) is 24.4 Å². The summed E-state index contributed by atoms with van der Waals surface area (Å²) in [7, 11) is 3.45. The fourth-order valence-corrected chi connectivity index (χ4v) is 2.70. The highest BCUT2D eigenvalue weighted by Crippen LogP contribution is 2.19. The molecule has 1 aliphatic heterocycles. The largest absolute Gasteiger partial charge is 0.371 e. The quantitative estimate of drug-likeness (QED) is 0.790. The van der Waals surface area contributed by atoms with Crippen molar-refractivity contribution < 1.29 is 9.53 Å². The molecule has 0 saturated heterocycles. The number of carbonyl (C=O) groups excluding carboxylic acids is 1. The number of hydrogen-bond donors (Lipinski definition) is 0. The molecule has 0 aromatic carbocycles. The van der Waals surface area contributed by atoms with E-state index in [1.807, 2.05) is 6.20 Å². The van der Waals surface area contributed by atoms with Crippen molar-refractivity contribution in [3.05, 3.63) is 36.7 Å². The van der Waals surface area contributed by atoms with E-state index in [0.29, 0.717) is 19.1 Å². The van der Waals surface area contributed by atoms with E-state index in [2.05, 4.69) is 24.4 Å². The van der Waals surface area contributed by atoms with Crippen LogP contribution in [0, 0.1) is 5.92 Å². The van der Waals surface area contributed by atoms with Crippen LogP contribution in [-0.2, 0) is 22.6 Å². The second kappa shape index (κ2) is 7.39. The van der Waals surface area contributed by atoms with Crippen molar-refractivity contribution >= 4 is 11.9 Å². The van der Waals surface area contributed by atoms with Crippen LogP contribution in [0.25, 0.3) is 0 Å². The predicted octanol–water partition coefficient (Wildman–Crippen LogP) is 0.414. The molecule has 0 fully saturated rings. The fraction of sp³-hybridized carbons (Fsp3) is 0.500. The van der Waals surface area contributed by atoms with Crippen molar-refractivity contribution in [2.75, 3.05) is 38.8 Å². The summed E-state index contributed by atoms with van der Waals surface area (Å²) < 4.78 is 7.76. The van der Waals surface area contributed by atoms with Gasteiger partial charge in [-0.05, 0) is 6.07 Å². The van der Waals surface area contributed by atoms with Crippen LogP contribution in [-0.4, -0.2) is 64.2 Å². The molecule has 24 heavy (non-hydrogen) atoms. The van der Waals surface area contributed by atoms with Crippen LogP contribution in [0.5, 0.6) is 0 Å². The van der Waals surface area contributed by atoms with Crippen molar-refractivity contribution in [3.8, 4) is 0 Å². The standard InChI is InChI=1S/C16H22N6O2/c1-20(2)15(23)12-24-11-13-8-21-7-6-17-14(21)10-22(9-13)16-18-4-3-5-19-16/h3-7,13H,8-12H2,1-2H3. The Morgan fingerprint density at radius 2 is 2.04 bits per heavy atom. The van der Waals surface area contributed by atoms with Crippen molar-refractivity contribution in [3.63, 3.8) is 0 Å². The van der Waals surface area contributed by atoms with Gasteiger partial charge in [0, 0.05) is 57.9 Å². The van der Waals surface area contributed by atoms with E-state index in [-0.39, 0.29) is 18.4 Å². The minimum absolute atomic E-state index is 0.0322. The van der Waals surface area contributed by atoms with Gasteiger partial charge in [0.2, 0.25) is 11.9 Å². The van der Waals surface area contributed by atoms with Gasteiger partial charge in [-0.15, -0.1) is 0 Å². The topological polar surface area (TPSA) is 76.4 Å². The number of carbonyl (C=O) groups is 1. The normalized spacial score (nSPS) is 17.2. The van der Waals surface area contributed by atoms with E-state index in [4.69, 9.17) is 4.74 Å². The molecule has 1 amide bonds. The lowest BCUT2D eigenvalue weighted by Gasteiger charge is -2.23. The minimum Gasteiger partial charge on any atom is -0.371 e. The molecule has 3 heterocycles. The molecule has 0 aliphatic carbocycles. The lowest BCUT2D eigenvalue weighted by molar-refractivity contribution is -0.134. The Morgan fingerprint density at radius 1 is 1.25 bits per heavy atom. The molecule has 2 aromatic rings. The van der Waals surface area contributed by atoms with Gasteiger partial charge in [0.1, 0.15) is 12.4 Å². The first-order valence-corrected chi connectivity index (χ1v) is 7.93. The zero-order valence-corrected chi connectivity index (χ0v) is 14.0. The molecule has 1 aliphatic rings. The summed E-state index contributed by atoms with van der Waals surface area (Å²) >= 11 is 0. The molecule has 0 saturated carbocycles. The second-order valence-corrected chi connectivity index (χ2v) is 6.09. The van der Waals surface area contributed by atoms with E-state index in [0.717, 1.165) is 18.9 Å². The van der Waals surface area contributed by atoms with E-state index in [1.54, 1.807) is 38.8 Å². The third kappa shape index (κ3) is 3.88. The summed E-state index contributed by atoms with van der Waals surface area (Å²) in [6, 6.07) is 1.80. The van der Waals surface area contributed by atoms with Crippen molar-refractivity contribution in [1.29, 1.82) is 0 Å². The van der Waals surface area contributed by atoms with E-state index < -0.39 is 0 Å². The molecule has 0 spiro atoms. The number of hydrogen-bond acceptors (Lipinski definition) is 6. The maximum absolute atomic E-state index is 11.7. The summed E-state index contributed by atoms with van der Waals surface area (Å²) in [6.07, 6.45) is 7.25. The van der Waals surface area contributed by atoms with Gasteiger partial charge >= 0.3 is 0 Å². The minimum atomic E-state index is -0.0322. The van der Waals surface area contributed by atoms with Crippen LogP contribution in [0.2, 0.25) is 0 Å². The number of fused-ring (bicyclic) bond motifs is 1. The smallest absolute Gasteiger partial charge is 0.248 e. The SMILES string of the molecule is CN(C)C(=O)COCC1CN(c2ncccn2)Cc2nccn2C1. The molecule has 0 N–H and O–H groups in total. The maximum atomic E-state index is 11.7. The number of rotatable bonds is 5. The lowest BCUT2D eigenvalue weighted by atomic mass is 10.1. The van der Waals surface area contributed by atoms with E-state index >= 15 is 0 Å². The highest BCUT2D eigenvalue weighted by atomic mass is 16.5. The molecule has 2 aromatic heterocycles. The summed E-state index contributed by atoms with van der Waals surface area (Å²) in [6.45, 7) is 2.81. The third-order valence-corrected chi connectivity index (χ3v) is 3.98. The zero-order chi connectivity index (χ0) is 16.9. The predicted molar refractivity (Wildman–Crippen MR) is 88.3 cm³/mol. The molecule has 0 radical (unpaired) electrons. The first-order chi connectivity index (χ1) is 11.6. The van der Waals surface area contributed by atoms with Crippen LogP contribution < -0.4 is 4.90 Å². The highest BCUT2D eigenvalue weighted by Gasteiger charge is 2.24. The number of likely N-dealkylation sites (N-methyl/N-ethyl adjacent to an activating group) is 1. The van der Waals surface area contributed by atoms with Gasteiger partial charge in [0.05, 0.1) is 13.2 Å². The number of amides is 1. The highest BCUT2D eigenvalue weighted by molar-refractivity contribution is 5.76. The Kier molecular flexibility index (Phi) is 5.05. The van der Waals surface area contributed by atoms with E-state index in [1.165, 1.54) is 4.90 Å². The van der Waals surface area contributed by atoms with Gasteiger partial charge in [-0.25, -0.2) is 15.0 Å². The van der Waals surface area contributed by atoms with Gasteiger partial charge in [0.25, 0.3) is 0 Å². The molecule has 1 unspecified atom stereocenters. The summed E-state index contributed by atoms with van der Waals surface area (Å²) in [5, 5.41) is 0. The Balaban J connectivity index is 1.69. The van der Waals surface area contributed by atoms with Crippen LogP contribution >= 0.6 is 0 Å². The molecular formula is C16H22N6O2. The zero-order valence-electron chi connectivity index (χ0n) is 14.0. The molecule has 1 atom stereocenters. The van der Waals surface area contributed by atoms with Gasteiger partial charge in [-0.2, -0.15) is 0 Å². The van der Waals surface area contributed by atoms with Crippen LogP contribution in [0.1, 0.15) is 5.82 Å². The number of anilines is 1. The molecule has 3 rings (SSSR count). The van der Waals surface area contributed by atoms with Crippen LogP contribution in [0.3, 0.4) is 0 Å². The Morgan fingerprint density at radius 3 is 2.79 bits per heavy atom. The molecule has 8 nitrogen and oxygen atoms in total. The molecular weight excluding hydrogens is 308 g/mol. The van der Waals surface area contributed by atoms with Crippen LogP contribution in [0.4, 0.5) is 5.95 Å². The van der Waals surface area contributed by atoms with Gasteiger partial charge < -0.3 is 19.1 Å². The third-order valence-electron chi connectivity index (χ3n) is 3.98. The van der Waals surface area contributed by atoms with Gasteiger partial charge in [0.15, 0.2) is 0 Å². The number of nitrogens with zero attached hydrogens (tertiary/aromatic N) is 6. The van der Waals surface area contributed by atoms with Gasteiger partial charge in [-0.1, -0.05) is 0 Å². The summed E-state index contributed by atoms with van der Waals surface area (Å²) in [5.41, 5.74) is 0. The van der Waals surface area contributed by atoms with E-state index in [9.17, 15) is 4.79 Å². The second-order valence-electron chi connectivity index (χ2n) is 6.09. The Hall–Kier alpha value is -2.48. The molecule has 0 bridgehead atoms. The lowest BCUT2D eigenvalue weighted by Crippen LogP contribution is -2.33. The first kappa shape index (κ1) is 16.4. The average Bonchev–Trinajstić information content (AvgIpc) is 2.94. The van der Waals surface area contributed by atoms with Crippen LogP contribution in [0.15, 0.2) is 30.9 Å². The Labute approximate surface area is 141 Å². The van der Waals surface area contributed by atoms with Gasteiger partial charge in [-0.3, -0.25) is 4.79 Å². The maximum Gasteiger partial charge on any atom is 0.248 e. The number of aromatic nitrogens is 4. The number of ether oxygens (including phenoxy) is 1. The monoisotopic (exact) mass is 330 g/mol. The molecule has 8 heteroatoms. The average molecular weight is 330 g/mol. The van der Waals surface area contributed by atoms with Crippen molar-refractivity contribution in [2.24, 2.45) is 5.92 Å².